The molecule has 0 aliphatic heterocycles. The zero-order chi connectivity index (χ0) is 15.9. The van der Waals surface area contributed by atoms with Crippen molar-refractivity contribution in [1.82, 2.24) is 0 Å². The highest BCUT2D eigenvalue weighted by molar-refractivity contribution is 5.86. The van der Waals surface area contributed by atoms with Crippen LogP contribution in [0.5, 0.6) is 5.75 Å². The van der Waals surface area contributed by atoms with Crippen molar-refractivity contribution in [3.8, 4) is 16.9 Å². The Kier molecular flexibility index (Phi) is 4.85. The molecule has 0 aliphatic carbocycles. The van der Waals surface area contributed by atoms with Gasteiger partial charge in [-0.25, -0.2) is 0 Å². The maximum atomic E-state index is 5.62. The van der Waals surface area contributed by atoms with E-state index in [2.05, 4.69) is 18.2 Å². The van der Waals surface area contributed by atoms with Gasteiger partial charge in [0.2, 0.25) is 0 Å². The Labute approximate surface area is 137 Å². The van der Waals surface area contributed by atoms with Crippen LogP contribution in [0.15, 0.2) is 83.9 Å². The third-order valence-corrected chi connectivity index (χ3v) is 3.52. The molecule has 0 aromatic heterocycles. The molecule has 0 radical (unpaired) electrons. The van der Waals surface area contributed by atoms with E-state index in [0.29, 0.717) is 6.61 Å². The fourth-order valence-electron chi connectivity index (χ4n) is 2.42. The van der Waals surface area contributed by atoms with Crippen molar-refractivity contribution in [1.29, 1.82) is 0 Å². The van der Waals surface area contributed by atoms with E-state index in [4.69, 9.17) is 9.73 Å². The van der Waals surface area contributed by atoms with Crippen molar-refractivity contribution in [3.05, 3.63) is 84.4 Å². The molecular weight excluding hydrogens is 282 g/mol. The zero-order valence-corrected chi connectivity index (χ0v) is 13.1. The molecular formula is C21H19NO. The molecule has 0 atom stereocenters. The Morgan fingerprint density at radius 2 is 1.57 bits per heavy atom. The summed E-state index contributed by atoms with van der Waals surface area (Å²) >= 11 is 0. The van der Waals surface area contributed by atoms with Crippen LogP contribution in [0.25, 0.3) is 11.1 Å². The standard InChI is InChI=1S/C21H19NO/c1-2-23-19-13-14-20(18-11-7-4-8-12-18)21(15-19)22-16-17-9-5-3-6-10-17/h3-16H,2H2,1H3. The lowest BCUT2D eigenvalue weighted by atomic mass is 10.0. The molecule has 0 aliphatic rings. The van der Waals surface area contributed by atoms with Gasteiger partial charge in [-0.3, -0.25) is 4.99 Å². The first kappa shape index (κ1) is 15.0. The van der Waals surface area contributed by atoms with Gasteiger partial charge in [0.15, 0.2) is 0 Å². The Balaban J connectivity index is 2.01. The number of rotatable bonds is 5. The van der Waals surface area contributed by atoms with E-state index in [1.165, 1.54) is 0 Å². The predicted molar refractivity (Wildman–Crippen MR) is 96.7 cm³/mol. The minimum Gasteiger partial charge on any atom is -0.494 e. The molecule has 0 saturated carbocycles. The summed E-state index contributed by atoms with van der Waals surface area (Å²) in [5.74, 6) is 0.840. The highest BCUT2D eigenvalue weighted by atomic mass is 16.5. The number of benzene rings is 3. The Bertz CT molecular complexity index is 779. The fraction of sp³-hybridized carbons (Fsp3) is 0.0952. The van der Waals surface area contributed by atoms with E-state index < -0.39 is 0 Å². The molecule has 0 N–H and O–H groups in total. The number of hydrogen-bond donors (Lipinski definition) is 0. The molecule has 114 valence electrons. The van der Waals surface area contributed by atoms with E-state index in [1.54, 1.807) is 0 Å². The summed E-state index contributed by atoms with van der Waals surface area (Å²) in [5.41, 5.74) is 4.23. The Morgan fingerprint density at radius 3 is 2.26 bits per heavy atom. The number of nitrogens with zero attached hydrogens (tertiary/aromatic N) is 1. The lowest BCUT2D eigenvalue weighted by Crippen LogP contribution is -1.91. The lowest BCUT2D eigenvalue weighted by molar-refractivity contribution is 0.340. The molecule has 0 unspecified atom stereocenters. The first-order chi connectivity index (χ1) is 11.4. The minimum absolute atomic E-state index is 0.645. The summed E-state index contributed by atoms with van der Waals surface area (Å²) in [4.78, 5) is 4.69. The van der Waals surface area contributed by atoms with Crippen LogP contribution < -0.4 is 4.74 Å². The lowest BCUT2D eigenvalue weighted by Gasteiger charge is -2.09. The second kappa shape index (κ2) is 7.41. The van der Waals surface area contributed by atoms with Crippen molar-refractivity contribution in [2.45, 2.75) is 6.92 Å². The monoisotopic (exact) mass is 301 g/mol. The molecule has 0 saturated heterocycles. The van der Waals surface area contributed by atoms with Gasteiger partial charge >= 0.3 is 0 Å². The normalized spacial score (nSPS) is 10.8. The SMILES string of the molecule is CCOc1ccc(-c2ccccc2)c(N=Cc2ccccc2)c1. The van der Waals surface area contributed by atoms with Crippen LogP contribution in [0, 0.1) is 0 Å². The molecule has 3 aromatic carbocycles. The van der Waals surface area contributed by atoms with Crippen LogP contribution in [0.3, 0.4) is 0 Å². The van der Waals surface area contributed by atoms with Crippen molar-refractivity contribution in [2.75, 3.05) is 6.61 Å². The molecule has 0 heterocycles. The highest BCUT2D eigenvalue weighted by Gasteiger charge is 2.06. The van der Waals surface area contributed by atoms with Crippen LogP contribution in [0.2, 0.25) is 0 Å². The molecule has 2 nitrogen and oxygen atoms in total. The first-order valence-electron chi connectivity index (χ1n) is 7.78. The summed E-state index contributed by atoms with van der Waals surface area (Å²) in [7, 11) is 0. The molecule has 23 heavy (non-hydrogen) atoms. The van der Waals surface area contributed by atoms with Gasteiger partial charge in [0.1, 0.15) is 5.75 Å². The van der Waals surface area contributed by atoms with E-state index in [9.17, 15) is 0 Å². The number of ether oxygens (including phenoxy) is 1. The fourth-order valence-corrected chi connectivity index (χ4v) is 2.42. The summed E-state index contributed by atoms with van der Waals surface area (Å²) in [6.45, 7) is 2.63. The van der Waals surface area contributed by atoms with Crippen LogP contribution >= 0.6 is 0 Å². The number of aliphatic imine (C=N–C) groups is 1. The van der Waals surface area contributed by atoms with Crippen molar-refractivity contribution in [2.24, 2.45) is 4.99 Å². The van der Waals surface area contributed by atoms with Crippen molar-refractivity contribution >= 4 is 11.9 Å². The van der Waals surface area contributed by atoms with Gasteiger partial charge in [-0.05, 0) is 30.2 Å². The van der Waals surface area contributed by atoms with E-state index in [0.717, 1.165) is 28.1 Å². The van der Waals surface area contributed by atoms with E-state index in [-0.39, 0.29) is 0 Å². The summed E-state index contributed by atoms with van der Waals surface area (Å²) in [5, 5.41) is 0. The molecule has 2 heteroatoms. The first-order valence-corrected chi connectivity index (χ1v) is 7.78. The van der Waals surface area contributed by atoms with Crippen molar-refractivity contribution < 1.29 is 4.74 Å². The van der Waals surface area contributed by atoms with Crippen molar-refractivity contribution in [3.63, 3.8) is 0 Å². The van der Waals surface area contributed by atoms with Gasteiger partial charge in [0.05, 0.1) is 12.3 Å². The topological polar surface area (TPSA) is 21.6 Å². The summed E-state index contributed by atoms with van der Waals surface area (Å²) in [6, 6.07) is 26.4. The highest BCUT2D eigenvalue weighted by Crippen LogP contribution is 2.33. The average Bonchev–Trinajstić information content (AvgIpc) is 2.62. The second-order valence-corrected chi connectivity index (χ2v) is 5.15. The van der Waals surface area contributed by atoms with Gasteiger partial charge in [0, 0.05) is 17.8 Å². The quantitative estimate of drug-likeness (QED) is 0.570. The summed E-state index contributed by atoms with van der Waals surface area (Å²) < 4.78 is 5.62. The largest absolute Gasteiger partial charge is 0.494 e. The third kappa shape index (κ3) is 3.86. The zero-order valence-electron chi connectivity index (χ0n) is 13.1. The van der Waals surface area contributed by atoms with Gasteiger partial charge < -0.3 is 4.74 Å². The predicted octanol–water partition coefficient (Wildman–Crippen LogP) is 5.50. The van der Waals surface area contributed by atoms with Crippen LogP contribution in [-0.4, -0.2) is 12.8 Å². The minimum atomic E-state index is 0.645. The summed E-state index contributed by atoms with van der Waals surface area (Å²) in [6.07, 6.45) is 1.89. The molecule has 0 spiro atoms. The van der Waals surface area contributed by atoms with Crippen LogP contribution in [0.1, 0.15) is 12.5 Å². The molecule has 3 aromatic rings. The van der Waals surface area contributed by atoms with E-state index in [1.807, 2.05) is 73.8 Å². The van der Waals surface area contributed by atoms with Crippen LogP contribution in [-0.2, 0) is 0 Å². The second-order valence-electron chi connectivity index (χ2n) is 5.15. The third-order valence-electron chi connectivity index (χ3n) is 3.52. The van der Waals surface area contributed by atoms with Gasteiger partial charge in [-0.15, -0.1) is 0 Å². The van der Waals surface area contributed by atoms with E-state index >= 15 is 0 Å². The Morgan fingerprint density at radius 1 is 0.870 bits per heavy atom. The molecule has 0 bridgehead atoms. The van der Waals surface area contributed by atoms with Crippen LogP contribution in [0.4, 0.5) is 5.69 Å². The Hall–Kier alpha value is -2.87. The smallest absolute Gasteiger partial charge is 0.121 e. The van der Waals surface area contributed by atoms with Gasteiger partial charge in [0.25, 0.3) is 0 Å². The maximum Gasteiger partial charge on any atom is 0.121 e. The average molecular weight is 301 g/mol. The number of hydrogen-bond acceptors (Lipinski definition) is 2. The maximum absolute atomic E-state index is 5.62. The molecule has 0 fully saturated rings. The molecule has 0 amide bonds. The molecule has 3 rings (SSSR count). The van der Waals surface area contributed by atoms with Gasteiger partial charge in [-0.1, -0.05) is 60.7 Å². The van der Waals surface area contributed by atoms with Gasteiger partial charge in [-0.2, -0.15) is 0 Å².